The van der Waals surface area contributed by atoms with Crippen LogP contribution in [0.2, 0.25) is 0 Å². The summed E-state index contributed by atoms with van der Waals surface area (Å²) in [4.78, 5) is 0. The molecule has 3 rings (SSSR count). The molecule has 0 saturated carbocycles. The van der Waals surface area contributed by atoms with Crippen LogP contribution in [0, 0.1) is 5.92 Å². The second kappa shape index (κ2) is 4.31. The lowest BCUT2D eigenvalue weighted by Gasteiger charge is -2.24. The molecule has 4 atom stereocenters. The van der Waals surface area contributed by atoms with Gasteiger partial charge in [0.2, 0.25) is 0 Å². The first-order valence-corrected chi connectivity index (χ1v) is 6.34. The van der Waals surface area contributed by atoms with Crippen LogP contribution in [0.3, 0.4) is 0 Å². The molecule has 2 fully saturated rings. The summed E-state index contributed by atoms with van der Waals surface area (Å²) in [5.41, 5.74) is 0.986. The number of phenolic OH excluding ortho intramolecular Hbond substituents is 1. The molecule has 0 radical (unpaired) electrons. The average Bonchev–Trinajstić information content (AvgIpc) is 2.90. The molecule has 2 aliphatic rings. The molecule has 2 bridgehead atoms. The van der Waals surface area contributed by atoms with Crippen molar-refractivity contribution in [2.24, 2.45) is 5.92 Å². The molecule has 1 aromatic carbocycles. The van der Waals surface area contributed by atoms with Crippen molar-refractivity contribution >= 4 is 0 Å². The van der Waals surface area contributed by atoms with Gasteiger partial charge in [0, 0.05) is 5.92 Å². The van der Waals surface area contributed by atoms with Crippen LogP contribution in [0.5, 0.6) is 5.75 Å². The van der Waals surface area contributed by atoms with Crippen LogP contribution in [0.4, 0.5) is 0 Å². The Morgan fingerprint density at radius 2 is 2.24 bits per heavy atom. The summed E-state index contributed by atoms with van der Waals surface area (Å²) in [5, 5.41) is 19.6. The van der Waals surface area contributed by atoms with Gasteiger partial charge in [0.1, 0.15) is 5.75 Å². The summed E-state index contributed by atoms with van der Waals surface area (Å²) in [7, 11) is 0. The SMILES string of the molecule is Oc1cccc(CC(O)C2CC3CCC2O3)c1. The van der Waals surface area contributed by atoms with Crippen LogP contribution in [0.15, 0.2) is 24.3 Å². The zero-order valence-electron chi connectivity index (χ0n) is 9.75. The van der Waals surface area contributed by atoms with Gasteiger partial charge in [0.05, 0.1) is 18.3 Å². The molecule has 2 saturated heterocycles. The number of aliphatic hydroxyl groups is 1. The van der Waals surface area contributed by atoms with Crippen LogP contribution >= 0.6 is 0 Å². The van der Waals surface area contributed by atoms with Crippen LogP contribution in [-0.2, 0) is 11.2 Å². The van der Waals surface area contributed by atoms with E-state index in [1.54, 1.807) is 12.1 Å². The Labute approximate surface area is 101 Å². The number of hydrogen-bond acceptors (Lipinski definition) is 3. The summed E-state index contributed by atoms with van der Waals surface area (Å²) in [5.74, 6) is 0.537. The standard InChI is InChI=1S/C14H18O3/c15-10-3-1-2-9(6-10)7-13(16)12-8-11-4-5-14(12)17-11/h1-3,6,11-16H,4-5,7-8H2. The van der Waals surface area contributed by atoms with Gasteiger partial charge < -0.3 is 14.9 Å². The molecular formula is C14H18O3. The molecular weight excluding hydrogens is 216 g/mol. The van der Waals surface area contributed by atoms with Crippen molar-refractivity contribution in [3.8, 4) is 5.75 Å². The molecule has 2 heterocycles. The van der Waals surface area contributed by atoms with E-state index in [2.05, 4.69) is 0 Å². The zero-order chi connectivity index (χ0) is 11.8. The maximum Gasteiger partial charge on any atom is 0.115 e. The largest absolute Gasteiger partial charge is 0.508 e. The molecule has 3 heteroatoms. The normalized spacial score (nSPS) is 32.9. The van der Waals surface area contributed by atoms with Crippen molar-refractivity contribution in [3.05, 3.63) is 29.8 Å². The van der Waals surface area contributed by atoms with Crippen molar-refractivity contribution in [2.45, 2.75) is 44.0 Å². The zero-order valence-corrected chi connectivity index (χ0v) is 9.75. The van der Waals surface area contributed by atoms with Gasteiger partial charge in [-0.2, -0.15) is 0 Å². The first-order chi connectivity index (χ1) is 8.22. The number of hydrogen-bond donors (Lipinski definition) is 2. The highest BCUT2D eigenvalue weighted by atomic mass is 16.5. The number of rotatable bonds is 3. The predicted molar refractivity (Wildman–Crippen MR) is 63.8 cm³/mol. The number of benzene rings is 1. The van der Waals surface area contributed by atoms with E-state index in [-0.39, 0.29) is 23.9 Å². The van der Waals surface area contributed by atoms with Gasteiger partial charge in [0.15, 0.2) is 0 Å². The Morgan fingerprint density at radius 1 is 1.35 bits per heavy atom. The van der Waals surface area contributed by atoms with Crippen molar-refractivity contribution in [1.82, 2.24) is 0 Å². The molecule has 2 aliphatic heterocycles. The van der Waals surface area contributed by atoms with Gasteiger partial charge in [-0.25, -0.2) is 0 Å². The topological polar surface area (TPSA) is 49.7 Å². The number of ether oxygens (including phenoxy) is 1. The minimum atomic E-state index is -0.355. The van der Waals surface area contributed by atoms with E-state index >= 15 is 0 Å². The third kappa shape index (κ3) is 2.17. The molecule has 4 unspecified atom stereocenters. The highest BCUT2D eigenvalue weighted by Gasteiger charge is 2.43. The van der Waals surface area contributed by atoms with E-state index in [0.29, 0.717) is 12.5 Å². The Morgan fingerprint density at radius 3 is 2.88 bits per heavy atom. The first-order valence-electron chi connectivity index (χ1n) is 6.34. The fourth-order valence-corrected chi connectivity index (χ4v) is 3.16. The van der Waals surface area contributed by atoms with Crippen LogP contribution in [-0.4, -0.2) is 28.5 Å². The minimum Gasteiger partial charge on any atom is -0.508 e. The van der Waals surface area contributed by atoms with Crippen LogP contribution < -0.4 is 0 Å². The van der Waals surface area contributed by atoms with Gasteiger partial charge in [-0.1, -0.05) is 12.1 Å². The fourth-order valence-electron chi connectivity index (χ4n) is 3.16. The lowest BCUT2D eigenvalue weighted by molar-refractivity contribution is 0.0431. The average molecular weight is 234 g/mol. The van der Waals surface area contributed by atoms with Gasteiger partial charge in [-0.3, -0.25) is 0 Å². The van der Waals surface area contributed by atoms with Gasteiger partial charge in [0.25, 0.3) is 0 Å². The monoisotopic (exact) mass is 234 g/mol. The summed E-state index contributed by atoms with van der Waals surface area (Å²) in [6, 6.07) is 7.12. The number of phenols is 1. The molecule has 17 heavy (non-hydrogen) atoms. The summed E-state index contributed by atoms with van der Waals surface area (Å²) in [6.07, 6.45) is 4.12. The maximum absolute atomic E-state index is 10.3. The highest BCUT2D eigenvalue weighted by molar-refractivity contribution is 5.27. The van der Waals surface area contributed by atoms with Crippen molar-refractivity contribution in [1.29, 1.82) is 0 Å². The second-order valence-electron chi connectivity index (χ2n) is 5.21. The Hall–Kier alpha value is -1.06. The van der Waals surface area contributed by atoms with E-state index in [9.17, 15) is 10.2 Å². The molecule has 0 spiro atoms. The second-order valence-corrected chi connectivity index (χ2v) is 5.21. The van der Waals surface area contributed by atoms with E-state index in [1.807, 2.05) is 12.1 Å². The van der Waals surface area contributed by atoms with Gasteiger partial charge >= 0.3 is 0 Å². The number of aliphatic hydroxyl groups excluding tert-OH is 1. The van der Waals surface area contributed by atoms with E-state index in [0.717, 1.165) is 24.8 Å². The van der Waals surface area contributed by atoms with Crippen LogP contribution in [0.1, 0.15) is 24.8 Å². The third-order valence-electron chi connectivity index (χ3n) is 4.00. The smallest absolute Gasteiger partial charge is 0.115 e. The third-order valence-corrected chi connectivity index (χ3v) is 4.00. The molecule has 92 valence electrons. The van der Waals surface area contributed by atoms with Crippen molar-refractivity contribution < 1.29 is 14.9 Å². The Bertz CT molecular complexity index is 404. The van der Waals surface area contributed by atoms with Gasteiger partial charge in [-0.05, 0) is 43.4 Å². The minimum absolute atomic E-state index is 0.257. The quantitative estimate of drug-likeness (QED) is 0.839. The predicted octanol–water partition coefficient (Wildman–Crippen LogP) is 1.86. The van der Waals surface area contributed by atoms with E-state index < -0.39 is 0 Å². The van der Waals surface area contributed by atoms with E-state index in [1.165, 1.54) is 0 Å². The Balaban J connectivity index is 1.65. The van der Waals surface area contributed by atoms with Crippen molar-refractivity contribution in [2.75, 3.05) is 0 Å². The summed E-state index contributed by atoms with van der Waals surface area (Å²) >= 11 is 0. The first kappa shape index (κ1) is 11.1. The molecule has 3 nitrogen and oxygen atoms in total. The highest BCUT2D eigenvalue weighted by Crippen LogP contribution is 2.41. The number of aromatic hydroxyl groups is 1. The van der Waals surface area contributed by atoms with Crippen molar-refractivity contribution in [3.63, 3.8) is 0 Å². The summed E-state index contributed by atoms with van der Waals surface area (Å²) in [6.45, 7) is 0. The molecule has 0 aromatic heterocycles. The maximum atomic E-state index is 10.3. The van der Waals surface area contributed by atoms with Crippen LogP contribution in [0.25, 0.3) is 0 Å². The summed E-state index contributed by atoms with van der Waals surface area (Å²) < 4.78 is 5.76. The number of fused-ring (bicyclic) bond motifs is 2. The fraction of sp³-hybridized carbons (Fsp3) is 0.571. The molecule has 0 amide bonds. The molecule has 0 aliphatic carbocycles. The van der Waals surface area contributed by atoms with Gasteiger partial charge in [-0.15, -0.1) is 0 Å². The Kier molecular flexibility index (Phi) is 2.81. The molecule has 2 N–H and O–H groups in total. The lowest BCUT2D eigenvalue weighted by atomic mass is 9.83. The molecule has 1 aromatic rings. The van der Waals surface area contributed by atoms with E-state index in [4.69, 9.17) is 4.74 Å². The lowest BCUT2D eigenvalue weighted by Crippen LogP contribution is -2.30.